The van der Waals surface area contributed by atoms with Crippen LogP contribution in [0, 0.1) is 22.7 Å². The van der Waals surface area contributed by atoms with Crippen LogP contribution in [-0.4, -0.2) is 28.8 Å². The second-order valence-corrected chi connectivity index (χ2v) is 15.6. The summed E-state index contributed by atoms with van der Waals surface area (Å²) < 4.78 is 6.09. The number of fused-ring (bicyclic) bond motifs is 2. The summed E-state index contributed by atoms with van der Waals surface area (Å²) in [5.41, 5.74) is 4.29. The number of nitriles is 2. The van der Waals surface area contributed by atoms with Gasteiger partial charge in [-0.25, -0.2) is 9.59 Å². The van der Waals surface area contributed by atoms with Crippen LogP contribution in [0.15, 0.2) is 106 Å². The summed E-state index contributed by atoms with van der Waals surface area (Å²) in [5.74, 6) is -1.69. The van der Waals surface area contributed by atoms with Crippen molar-refractivity contribution in [3.63, 3.8) is 0 Å². The van der Waals surface area contributed by atoms with Gasteiger partial charge in [-0.1, -0.05) is 62.9 Å². The van der Waals surface area contributed by atoms with Crippen molar-refractivity contribution in [1.82, 2.24) is 0 Å². The number of carboxylic acid groups (broad SMARTS) is 2. The van der Waals surface area contributed by atoms with Crippen molar-refractivity contribution < 1.29 is 24.5 Å². The first-order chi connectivity index (χ1) is 25.8. The SMILES string of the molecule is CCCCCCCCOc1ccc(N2c3ccc(-c4ccc(/C=C(/C#N)C(=O)O)s4)cc3Sc3cc(-c4ccc(/C=C(/C#N)C(=O)O)s4)ccc32)cc1. The van der Waals surface area contributed by atoms with Crippen molar-refractivity contribution in [2.24, 2.45) is 0 Å². The van der Waals surface area contributed by atoms with Gasteiger partial charge in [0.2, 0.25) is 0 Å². The Kier molecular flexibility index (Phi) is 12.1. The molecule has 3 aromatic carbocycles. The Morgan fingerprint density at radius 2 is 1.21 bits per heavy atom. The molecule has 0 bridgehead atoms. The predicted octanol–water partition coefficient (Wildman–Crippen LogP) is 11.8. The molecular formula is C42H35N3O5S3. The number of benzene rings is 3. The maximum absolute atomic E-state index is 11.4. The van der Waals surface area contributed by atoms with Gasteiger partial charge >= 0.3 is 11.9 Å². The molecular weight excluding hydrogens is 723 g/mol. The molecule has 2 aromatic heterocycles. The van der Waals surface area contributed by atoms with Crippen LogP contribution in [0.4, 0.5) is 17.1 Å². The van der Waals surface area contributed by atoms with Crippen LogP contribution >= 0.6 is 34.4 Å². The zero-order chi connectivity index (χ0) is 37.3. The zero-order valence-corrected chi connectivity index (χ0v) is 31.3. The zero-order valence-electron chi connectivity index (χ0n) is 28.9. The van der Waals surface area contributed by atoms with E-state index in [9.17, 15) is 30.3 Å². The quantitative estimate of drug-likeness (QED) is 0.0596. The van der Waals surface area contributed by atoms with E-state index < -0.39 is 11.9 Å². The Hall–Kier alpha value is -5.59. The lowest BCUT2D eigenvalue weighted by atomic mass is 10.1. The van der Waals surface area contributed by atoms with Gasteiger partial charge in [-0.3, -0.25) is 0 Å². The average Bonchev–Trinajstić information content (AvgIpc) is 3.84. The van der Waals surface area contributed by atoms with E-state index in [2.05, 4.69) is 60.4 Å². The van der Waals surface area contributed by atoms with Gasteiger partial charge in [0, 0.05) is 35.0 Å². The van der Waals surface area contributed by atoms with Crippen molar-refractivity contribution >= 4 is 75.6 Å². The van der Waals surface area contributed by atoms with E-state index in [0.29, 0.717) is 16.4 Å². The first-order valence-electron chi connectivity index (χ1n) is 17.2. The normalized spacial score (nSPS) is 12.4. The molecule has 266 valence electrons. The lowest BCUT2D eigenvalue weighted by Crippen LogP contribution is -2.15. The van der Waals surface area contributed by atoms with Crippen molar-refractivity contribution in [2.75, 3.05) is 11.5 Å². The minimum atomic E-state index is -1.26. The smallest absolute Gasteiger partial charge is 0.346 e. The maximum atomic E-state index is 11.4. The van der Waals surface area contributed by atoms with E-state index in [-0.39, 0.29) is 11.1 Å². The van der Waals surface area contributed by atoms with Gasteiger partial charge in [0.05, 0.1) is 18.0 Å². The second-order valence-electron chi connectivity index (χ2n) is 12.3. The van der Waals surface area contributed by atoms with Crippen LogP contribution in [0.25, 0.3) is 33.0 Å². The fourth-order valence-corrected chi connectivity index (χ4v) is 8.93. The molecule has 8 nitrogen and oxygen atoms in total. The Labute approximate surface area is 320 Å². The number of anilines is 3. The highest BCUT2D eigenvalue weighted by Gasteiger charge is 2.26. The summed E-state index contributed by atoms with van der Waals surface area (Å²) in [6.45, 7) is 2.91. The van der Waals surface area contributed by atoms with Crippen LogP contribution in [0.1, 0.15) is 55.2 Å². The summed E-state index contributed by atoms with van der Waals surface area (Å²) in [7, 11) is 0. The fraction of sp³-hybridized carbons (Fsp3) is 0.190. The minimum absolute atomic E-state index is 0.317. The number of ether oxygens (including phenoxy) is 1. The van der Waals surface area contributed by atoms with E-state index in [0.717, 1.165) is 59.9 Å². The number of nitrogens with zero attached hydrogens (tertiary/aromatic N) is 3. The number of aliphatic carboxylic acids is 2. The Morgan fingerprint density at radius 1 is 0.698 bits per heavy atom. The largest absolute Gasteiger partial charge is 0.494 e. The van der Waals surface area contributed by atoms with Gasteiger partial charge in [0.25, 0.3) is 0 Å². The van der Waals surface area contributed by atoms with E-state index in [1.54, 1.807) is 23.9 Å². The molecule has 3 heterocycles. The third-order valence-electron chi connectivity index (χ3n) is 8.58. The third kappa shape index (κ3) is 8.90. The molecule has 11 heteroatoms. The molecule has 5 aromatic rings. The van der Waals surface area contributed by atoms with Crippen molar-refractivity contribution in [1.29, 1.82) is 10.5 Å². The Morgan fingerprint density at radius 3 is 1.70 bits per heavy atom. The maximum Gasteiger partial charge on any atom is 0.346 e. The van der Waals surface area contributed by atoms with Crippen LogP contribution in [0.3, 0.4) is 0 Å². The van der Waals surface area contributed by atoms with Gasteiger partial charge in [-0.05, 0) is 102 Å². The summed E-state index contributed by atoms with van der Waals surface area (Å²) >= 11 is 4.48. The van der Waals surface area contributed by atoms with Crippen LogP contribution in [-0.2, 0) is 9.59 Å². The van der Waals surface area contributed by atoms with Gasteiger partial charge in [-0.15, -0.1) is 22.7 Å². The molecule has 0 saturated carbocycles. The van der Waals surface area contributed by atoms with Crippen LogP contribution in [0.5, 0.6) is 5.75 Å². The lowest BCUT2D eigenvalue weighted by molar-refractivity contribution is -0.133. The molecule has 0 amide bonds. The molecule has 1 aliphatic rings. The molecule has 2 N–H and O–H groups in total. The summed E-state index contributed by atoms with van der Waals surface area (Å²) in [4.78, 5) is 30.3. The van der Waals surface area contributed by atoms with Crippen molar-refractivity contribution in [3.8, 4) is 38.8 Å². The Balaban J connectivity index is 1.32. The number of rotatable bonds is 15. The molecule has 0 spiro atoms. The minimum Gasteiger partial charge on any atom is -0.494 e. The van der Waals surface area contributed by atoms with E-state index >= 15 is 0 Å². The molecule has 0 saturated heterocycles. The summed E-state index contributed by atoms with van der Waals surface area (Å²) in [6.07, 6.45) is 10.00. The topological polar surface area (TPSA) is 135 Å². The number of carboxylic acids is 2. The molecule has 0 radical (unpaired) electrons. The highest BCUT2D eigenvalue weighted by Crippen LogP contribution is 2.53. The first-order valence-corrected chi connectivity index (χ1v) is 19.6. The predicted molar refractivity (Wildman–Crippen MR) is 213 cm³/mol. The molecule has 0 unspecified atom stereocenters. The van der Waals surface area contributed by atoms with Gasteiger partial charge in [-0.2, -0.15) is 10.5 Å². The second kappa shape index (κ2) is 17.3. The Bertz CT molecular complexity index is 2160. The number of thiophene rings is 2. The number of hydrogen-bond donors (Lipinski definition) is 2. The highest BCUT2D eigenvalue weighted by atomic mass is 32.2. The number of unbranched alkanes of at least 4 members (excludes halogenated alkanes) is 5. The molecule has 0 fully saturated rings. The van der Waals surface area contributed by atoms with Gasteiger partial charge in [0.15, 0.2) is 0 Å². The van der Waals surface area contributed by atoms with Crippen LogP contribution < -0.4 is 9.64 Å². The summed E-state index contributed by atoms with van der Waals surface area (Å²) in [5, 5.41) is 37.1. The third-order valence-corrected chi connectivity index (χ3v) is 11.8. The van der Waals surface area contributed by atoms with Crippen molar-refractivity contribution in [3.05, 3.63) is 106 Å². The molecule has 1 aliphatic heterocycles. The average molecular weight is 758 g/mol. The lowest BCUT2D eigenvalue weighted by Gasteiger charge is -2.33. The van der Waals surface area contributed by atoms with E-state index in [4.69, 9.17) is 4.74 Å². The van der Waals surface area contributed by atoms with Gasteiger partial charge in [0.1, 0.15) is 29.0 Å². The molecule has 53 heavy (non-hydrogen) atoms. The van der Waals surface area contributed by atoms with E-state index in [1.807, 2.05) is 36.4 Å². The molecule has 6 rings (SSSR count). The monoisotopic (exact) mass is 757 g/mol. The number of hydrogen-bond acceptors (Lipinski definition) is 9. The highest BCUT2D eigenvalue weighted by molar-refractivity contribution is 7.99. The standard InChI is InChI=1S/C42H35N3O5S3/c1-2-3-4-5-6-7-20-50-32-12-10-31(11-13-32)45-35-16-8-27(37-18-14-33(51-37)21-29(25-43)41(46)47)23-39(35)53-40-24-28(9-17-36(40)45)38-19-15-34(52-38)22-30(26-44)42(48)49/h8-19,21-24H,2-7,20H2,1H3,(H,46,47)(H,48,49)/b29-21-,30-22-. The molecule has 0 atom stereocenters. The number of carbonyl (C=O) groups is 2. The molecule has 0 aliphatic carbocycles. The van der Waals surface area contributed by atoms with Gasteiger partial charge < -0.3 is 19.8 Å². The first kappa shape index (κ1) is 37.2. The fourth-order valence-electron chi connectivity index (χ4n) is 5.90. The van der Waals surface area contributed by atoms with Crippen molar-refractivity contribution in [2.45, 2.75) is 55.2 Å². The summed E-state index contributed by atoms with van der Waals surface area (Å²) in [6, 6.07) is 31.7. The van der Waals surface area contributed by atoms with Crippen LogP contribution in [0.2, 0.25) is 0 Å². The van der Waals surface area contributed by atoms with E-state index in [1.165, 1.54) is 66.9 Å².